The molecule has 0 radical (unpaired) electrons. The Hall–Kier alpha value is -0.940. The number of hydrogen-bond acceptors (Lipinski definition) is 4. The zero-order chi connectivity index (χ0) is 12.7. The van der Waals surface area contributed by atoms with Crippen LogP contribution in [0.4, 0.5) is 0 Å². The predicted molar refractivity (Wildman–Crippen MR) is 68.0 cm³/mol. The van der Waals surface area contributed by atoms with Gasteiger partial charge in [0, 0.05) is 26.1 Å². The first-order valence-electron chi connectivity index (χ1n) is 6.33. The summed E-state index contributed by atoms with van der Waals surface area (Å²) in [5, 5.41) is 7.51. The highest BCUT2D eigenvalue weighted by Crippen LogP contribution is 2.11. The smallest absolute Gasteiger partial charge is 0.138 e. The highest BCUT2D eigenvalue weighted by atomic mass is 16.5. The average molecular weight is 240 g/mol. The lowest BCUT2D eigenvalue weighted by Crippen LogP contribution is -2.41. The number of rotatable bonds is 8. The number of ether oxygens (including phenoxy) is 1. The number of methoxy groups -OCH3 is 1. The Bertz CT molecular complexity index is 313. The molecule has 0 aromatic carbocycles. The fourth-order valence-electron chi connectivity index (χ4n) is 2.09. The van der Waals surface area contributed by atoms with Crippen molar-refractivity contribution in [2.24, 2.45) is 0 Å². The molecule has 2 unspecified atom stereocenters. The van der Waals surface area contributed by atoms with Gasteiger partial charge < -0.3 is 10.1 Å². The Morgan fingerprint density at radius 3 is 2.76 bits per heavy atom. The molecular formula is C12H24N4O. The molecule has 0 spiro atoms. The zero-order valence-corrected chi connectivity index (χ0v) is 11.3. The third-order valence-electron chi connectivity index (χ3n) is 3.09. The van der Waals surface area contributed by atoms with Crippen LogP contribution in [0.5, 0.6) is 0 Å². The molecule has 98 valence electrons. The maximum absolute atomic E-state index is 5.55. The maximum Gasteiger partial charge on any atom is 0.138 e. The van der Waals surface area contributed by atoms with Gasteiger partial charge in [0.15, 0.2) is 0 Å². The molecule has 1 rings (SSSR count). The fraction of sp³-hybridized carbons (Fsp3) is 0.833. The molecule has 0 saturated carbocycles. The molecule has 1 aromatic heterocycles. The minimum atomic E-state index is 0.229. The Morgan fingerprint density at radius 2 is 2.24 bits per heavy atom. The Labute approximate surface area is 104 Å². The van der Waals surface area contributed by atoms with Crippen LogP contribution in [0.1, 0.15) is 32.5 Å². The van der Waals surface area contributed by atoms with Crippen molar-refractivity contribution in [3.8, 4) is 0 Å². The Balaban J connectivity index is 2.68. The van der Waals surface area contributed by atoms with Crippen molar-refractivity contribution in [1.29, 1.82) is 0 Å². The molecule has 0 aliphatic rings. The topological polar surface area (TPSA) is 52.0 Å². The molecule has 1 aromatic rings. The van der Waals surface area contributed by atoms with Crippen molar-refractivity contribution in [2.45, 2.75) is 51.8 Å². The van der Waals surface area contributed by atoms with Crippen LogP contribution in [-0.2, 0) is 17.7 Å². The van der Waals surface area contributed by atoms with Crippen LogP contribution in [0.15, 0.2) is 6.33 Å². The van der Waals surface area contributed by atoms with Crippen LogP contribution in [-0.4, -0.2) is 41.1 Å². The summed E-state index contributed by atoms with van der Waals surface area (Å²) in [4.78, 5) is 4.31. The molecule has 5 heteroatoms. The minimum absolute atomic E-state index is 0.229. The van der Waals surface area contributed by atoms with Crippen molar-refractivity contribution in [1.82, 2.24) is 20.1 Å². The van der Waals surface area contributed by atoms with E-state index in [0.29, 0.717) is 0 Å². The van der Waals surface area contributed by atoms with Crippen LogP contribution in [0.3, 0.4) is 0 Å². The summed E-state index contributed by atoms with van der Waals surface area (Å²) in [6.45, 7) is 5.11. The lowest BCUT2D eigenvalue weighted by molar-refractivity contribution is 0.0624. The molecule has 0 saturated heterocycles. The standard InChI is InChI=1S/C12H24N4O/c1-5-7-11(17-4)10(13-3)8-12-14-9-15-16(12)6-2/h9-11,13H,5-8H2,1-4H3. The molecule has 0 aliphatic carbocycles. The van der Waals surface area contributed by atoms with Gasteiger partial charge in [-0.25, -0.2) is 4.98 Å². The molecule has 0 fully saturated rings. The van der Waals surface area contributed by atoms with E-state index < -0.39 is 0 Å². The number of hydrogen-bond donors (Lipinski definition) is 1. The predicted octanol–water partition coefficient (Wildman–Crippen LogP) is 1.24. The van der Waals surface area contributed by atoms with Gasteiger partial charge in [0.25, 0.3) is 0 Å². The van der Waals surface area contributed by atoms with E-state index in [0.717, 1.165) is 31.6 Å². The van der Waals surface area contributed by atoms with Gasteiger partial charge in [-0.15, -0.1) is 0 Å². The summed E-state index contributed by atoms with van der Waals surface area (Å²) in [7, 11) is 3.74. The van der Waals surface area contributed by atoms with Crippen LogP contribution in [0, 0.1) is 0 Å². The quantitative estimate of drug-likeness (QED) is 0.743. The fourth-order valence-corrected chi connectivity index (χ4v) is 2.09. The van der Waals surface area contributed by atoms with Gasteiger partial charge in [-0.2, -0.15) is 5.10 Å². The van der Waals surface area contributed by atoms with Gasteiger partial charge in [-0.1, -0.05) is 13.3 Å². The van der Waals surface area contributed by atoms with E-state index in [1.807, 2.05) is 11.7 Å². The minimum Gasteiger partial charge on any atom is -0.380 e. The SMILES string of the molecule is CCCC(OC)C(Cc1ncnn1CC)NC. The Morgan fingerprint density at radius 1 is 1.47 bits per heavy atom. The van der Waals surface area contributed by atoms with Crippen LogP contribution in [0.2, 0.25) is 0 Å². The van der Waals surface area contributed by atoms with Crippen molar-refractivity contribution >= 4 is 0 Å². The van der Waals surface area contributed by atoms with E-state index in [-0.39, 0.29) is 12.1 Å². The Kier molecular flexibility index (Phi) is 6.15. The molecule has 1 N–H and O–H groups in total. The lowest BCUT2D eigenvalue weighted by Gasteiger charge is -2.25. The second kappa shape index (κ2) is 7.40. The van der Waals surface area contributed by atoms with Crippen LogP contribution >= 0.6 is 0 Å². The average Bonchev–Trinajstić information content (AvgIpc) is 2.80. The summed E-state index contributed by atoms with van der Waals surface area (Å²) in [6.07, 6.45) is 4.88. The molecule has 5 nitrogen and oxygen atoms in total. The van der Waals surface area contributed by atoms with E-state index in [4.69, 9.17) is 4.74 Å². The van der Waals surface area contributed by atoms with Crippen molar-refractivity contribution in [2.75, 3.05) is 14.2 Å². The van der Waals surface area contributed by atoms with E-state index in [1.165, 1.54) is 0 Å². The van der Waals surface area contributed by atoms with Gasteiger partial charge in [0.05, 0.1) is 6.10 Å². The van der Waals surface area contributed by atoms with Crippen molar-refractivity contribution < 1.29 is 4.74 Å². The molecule has 17 heavy (non-hydrogen) atoms. The third-order valence-corrected chi connectivity index (χ3v) is 3.09. The van der Waals surface area contributed by atoms with Gasteiger partial charge in [0.2, 0.25) is 0 Å². The first-order chi connectivity index (χ1) is 8.26. The largest absolute Gasteiger partial charge is 0.380 e. The van der Waals surface area contributed by atoms with Gasteiger partial charge >= 0.3 is 0 Å². The lowest BCUT2D eigenvalue weighted by atomic mass is 10.0. The monoisotopic (exact) mass is 240 g/mol. The summed E-state index contributed by atoms with van der Waals surface area (Å²) in [6, 6.07) is 0.287. The zero-order valence-electron chi connectivity index (χ0n) is 11.3. The third kappa shape index (κ3) is 3.78. The van der Waals surface area contributed by atoms with Crippen LogP contribution < -0.4 is 5.32 Å². The summed E-state index contributed by atoms with van der Waals surface area (Å²) >= 11 is 0. The normalized spacial score (nSPS) is 14.8. The first-order valence-corrected chi connectivity index (χ1v) is 6.33. The maximum atomic E-state index is 5.55. The second-order valence-electron chi connectivity index (χ2n) is 4.15. The van der Waals surface area contributed by atoms with Crippen LogP contribution in [0.25, 0.3) is 0 Å². The molecular weight excluding hydrogens is 216 g/mol. The van der Waals surface area contributed by atoms with Crippen molar-refractivity contribution in [3.63, 3.8) is 0 Å². The van der Waals surface area contributed by atoms with E-state index in [2.05, 4.69) is 29.2 Å². The second-order valence-corrected chi connectivity index (χ2v) is 4.15. The van der Waals surface area contributed by atoms with E-state index in [9.17, 15) is 0 Å². The highest BCUT2D eigenvalue weighted by Gasteiger charge is 2.21. The first kappa shape index (κ1) is 14.1. The number of aromatic nitrogens is 3. The summed E-state index contributed by atoms with van der Waals surface area (Å²) in [5.41, 5.74) is 0. The summed E-state index contributed by atoms with van der Waals surface area (Å²) in [5.74, 6) is 1.02. The number of likely N-dealkylation sites (N-methyl/N-ethyl adjacent to an activating group) is 1. The number of aryl methyl sites for hydroxylation is 1. The van der Waals surface area contributed by atoms with Gasteiger partial charge in [0.1, 0.15) is 12.2 Å². The molecule has 1 heterocycles. The molecule has 0 bridgehead atoms. The van der Waals surface area contributed by atoms with Crippen molar-refractivity contribution in [3.05, 3.63) is 12.2 Å². The molecule has 0 aliphatic heterocycles. The van der Waals surface area contributed by atoms with Gasteiger partial charge in [-0.3, -0.25) is 4.68 Å². The van der Waals surface area contributed by atoms with E-state index in [1.54, 1.807) is 13.4 Å². The molecule has 0 amide bonds. The number of nitrogens with zero attached hydrogens (tertiary/aromatic N) is 3. The summed E-state index contributed by atoms with van der Waals surface area (Å²) < 4.78 is 7.48. The van der Waals surface area contributed by atoms with Gasteiger partial charge in [-0.05, 0) is 20.4 Å². The molecule has 2 atom stereocenters. The van der Waals surface area contributed by atoms with E-state index >= 15 is 0 Å². The highest BCUT2D eigenvalue weighted by molar-refractivity contribution is 4.92. The number of nitrogens with one attached hydrogen (secondary N) is 1.